The highest BCUT2D eigenvalue weighted by Crippen LogP contribution is 2.06. The first-order valence-corrected chi connectivity index (χ1v) is 8.31. The lowest BCUT2D eigenvalue weighted by molar-refractivity contribution is -0.123. The Morgan fingerprint density at radius 3 is 2.60 bits per heavy atom. The van der Waals surface area contributed by atoms with Gasteiger partial charge in [0.15, 0.2) is 0 Å². The maximum absolute atomic E-state index is 12.1. The number of sulfonamides is 1. The molecule has 20 heavy (non-hydrogen) atoms. The van der Waals surface area contributed by atoms with Gasteiger partial charge in [0.25, 0.3) is 0 Å². The van der Waals surface area contributed by atoms with Gasteiger partial charge in [0, 0.05) is 0 Å². The van der Waals surface area contributed by atoms with E-state index in [1.807, 2.05) is 0 Å². The van der Waals surface area contributed by atoms with Gasteiger partial charge in [-0.05, 0) is 24.5 Å². The first-order valence-electron chi connectivity index (χ1n) is 6.66. The van der Waals surface area contributed by atoms with Crippen LogP contribution in [0.25, 0.3) is 0 Å². The van der Waals surface area contributed by atoms with Gasteiger partial charge in [0.1, 0.15) is 11.8 Å². The van der Waals surface area contributed by atoms with Crippen molar-refractivity contribution in [2.45, 2.75) is 39.8 Å². The van der Waals surface area contributed by atoms with Crippen LogP contribution >= 0.6 is 0 Å². The largest absolute Gasteiger partial charge is 0.467 e. The van der Waals surface area contributed by atoms with Crippen LogP contribution in [0.2, 0.25) is 0 Å². The Bertz CT molecular complexity index is 508. The van der Waals surface area contributed by atoms with Gasteiger partial charge < -0.3 is 9.73 Å². The molecule has 1 atom stereocenters. The van der Waals surface area contributed by atoms with Crippen LogP contribution in [0, 0.1) is 5.92 Å². The molecule has 0 saturated carbocycles. The number of hydrogen-bond donors (Lipinski definition) is 2. The molecule has 1 aromatic heterocycles. The number of nitrogens with one attached hydrogen (secondary N) is 2. The van der Waals surface area contributed by atoms with Crippen LogP contribution in [0.1, 0.15) is 33.0 Å². The monoisotopic (exact) mass is 302 g/mol. The molecule has 0 bridgehead atoms. The van der Waals surface area contributed by atoms with Crippen molar-refractivity contribution in [2.24, 2.45) is 5.92 Å². The molecule has 7 heteroatoms. The van der Waals surface area contributed by atoms with E-state index in [0.717, 1.165) is 0 Å². The zero-order valence-electron chi connectivity index (χ0n) is 12.0. The smallest absolute Gasteiger partial charge is 0.238 e. The predicted octanol–water partition coefficient (Wildman–Crippen LogP) is 1.25. The normalized spacial score (nSPS) is 13.4. The average Bonchev–Trinajstić information content (AvgIpc) is 2.85. The molecule has 114 valence electrons. The maximum atomic E-state index is 12.1. The van der Waals surface area contributed by atoms with Crippen LogP contribution in [0.5, 0.6) is 0 Å². The highest BCUT2D eigenvalue weighted by molar-refractivity contribution is 7.89. The lowest BCUT2D eigenvalue weighted by Crippen LogP contribution is -2.49. The first kappa shape index (κ1) is 16.7. The molecule has 0 aromatic carbocycles. The fourth-order valence-electron chi connectivity index (χ4n) is 1.71. The Kier molecular flexibility index (Phi) is 6.22. The molecule has 0 spiro atoms. The minimum absolute atomic E-state index is 0.0156. The summed E-state index contributed by atoms with van der Waals surface area (Å²) in [7, 11) is -3.43. The van der Waals surface area contributed by atoms with E-state index < -0.39 is 16.1 Å². The molecule has 6 nitrogen and oxygen atoms in total. The van der Waals surface area contributed by atoms with Crippen molar-refractivity contribution in [3.8, 4) is 0 Å². The quantitative estimate of drug-likeness (QED) is 0.756. The number of amides is 1. The van der Waals surface area contributed by atoms with Crippen LogP contribution in [-0.4, -0.2) is 26.1 Å². The fourth-order valence-corrected chi connectivity index (χ4v) is 3.13. The average molecular weight is 302 g/mol. The van der Waals surface area contributed by atoms with Gasteiger partial charge in [-0.2, -0.15) is 0 Å². The second kappa shape index (κ2) is 7.44. The molecule has 0 aliphatic heterocycles. The van der Waals surface area contributed by atoms with Gasteiger partial charge in [0.2, 0.25) is 15.9 Å². The molecule has 0 saturated heterocycles. The second-order valence-electron chi connectivity index (χ2n) is 4.96. The number of carbonyl (C=O) groups excluding carboxylic acids is 1. The Labute approximate surface area is 120 Å². The van der Waals surface area contributed by atoms with Crippen molar-refractivity contribution in [2.75, 3.05) is 5.75 Å². The minimum atomic E-state index is -3.43. The van der Waals surface area contributed by atoms with E-state index in [0.29, 0.717) is 12.2 Å². The Morgan fingerprint density at radius 2 is 2.10 bits per heavy atom. The molecule has 1 aromatic rings. The van der Waals surface area contributed by atoms with E-state index in [1.165, 1.54) is 6.26 Å². The summed E-state index contributed by atoms with van der Waals surface area (Å²) in [6, 6.07) is 2.69. The highest BCUT2D eigenvalue weighted by atomic mass is 32.2. The summed E-state index contributed by atoms with van der Waals surface area (Å²) in [6.45, 7) is 5.61. The SMILES string of the molecule is CCCS(=O)(=O)N[C@H](C(=O)NCc1ccco1)C(C)C. The van der Waals surface area contributed by atoms with Gasteiger partial charge in [-0.1, -0.05) is 20.8 Å². The number of rotatable bonds is 8. The van der Waals surface area contributed by atoms with Crippen molar-refractivity contribution < 1.29 is 17.6 Å². The van der Waals surface area contributed by atoms with Crippen molar-refractivity contribution >= 4 is 15.9 Å². The van der Waals surface area contributed by atoms with Gasteiger partial charge in [-0.25, -0.2) is 13.1 Å². The molecular weight excluding hydrogens is 280 g/mol. The van der Waals surface area contributed by atoms with E-state index in [9.17, 15) is 13.2 Å². The van der Waals surface area contributed by atoms with Crippen molar-refractivity contribution in [1.29, 1.82) is 0 Å². The molecule has 2 N–H and O–H groups in total. The van der Waals surface area contributed by atoms with Gasteiger partial charge in [0.05, 0.1) is 18.6 Å². The Hall–Kier alpha value is -1.34. The molecule has 0 aliphatic carbocycles. The number of hydrogen-bond acceptors (Lipinski definition) is 4. The van der Waals surface area contributed by atoms with Crippen molar-refractivity contribution in [3.63, 3.8) is 0 Å². The second-order valence-corrected chi connectivity index (χ2v) is 6.83. The number of carbonyl (C=O) groups is 1. The highest BCUT2D eigenvalue weighted by Gasteiger charge is 2.26. The summed E-state index contributed by atoms with van der Waals surface area (Å²) in [5.41, 5.74) is 0. The molecule has 0 unspecified atom stereocenters. The standard InChI is InChI=1S/C13H22N2O4S/c1-4-8-20(17,18)15-12(10(2)3)13(16)14-9-11-6-5-7-19-11/h5-7,10,12,15H,4,8-9H2,1-3H3,(H,14,16)/t12-/m0/s1. The first-order chi connectivity index (χ1) is 9.35. The van der Waals surface area contributed by atoms with E-state index in [1.54, 1.807) is 32.9 Å². The molecule has 0 fully saturated rings. The Morgan fingerprint density at radius 1 is 1.40 bits per heavy atom. The lowest BCUT2D eigenvalue weighted by Gasteiger charge is -2.21. The third kappa shape index (κ3) is 5.34. The summed E-state index contributed by atoms with van der Waals surface area (Å²) in [4.78, 5) is 12.1. The topological polar surface area (TPSA) is 88.4 Å². The third-order valence-electron chi connectivity index (χ3n) is 2.75. The molecule has 1 heterocycles. The molecular formula is C13H22N2O4S. The summed E-state index contributed by atoms with van der Waals surface area (Å²) in [6.07, 6.45) is 2.03. The summed E-state index contributed by atoms with van der Waals surface area (Å²) < 4.78 is 31.1. The van der Waals surface area contributed by atoms with Crippen LogP contribution in [0.4, 0.5) is 0 Å². The molecule has 0 radical (unpaired) electrons. The zero-order chi connectivity index (χ0) is 15.2. The zero-order valence-corrected chi connectivity index (χ0v) is 12.9. The van der Waals surface area contributed by atoms with E-state index in [4.69, 9.17) is 4.42 Å². The van der Waals surface area contributed by atoms with Crippen LogP contribution < -0.4 is 10.0 Å². The van der Waals surface area contributed by atoms with E-state index in [2.05, 4.69) is 10.0 Å². The lowest BCUT2D eigenvalue weighted by atomic mass is 10.1. The summed E-state index contributed by atoms with van der Waals surface area (Å²) >= 11 is 0. The summed E-state index contributed by atoms with van der Waals surface area (Å²) in [5, 5.41) is 2.67. The predicted molar refractivity (Wildman–Crippen MR) is 76.4 cm³/mol. The van der Waals surface area contributed by atoms with E-state index >= 15 is 0 Å². The Balaban J connectivity index is 2.63. The van der Waals surface area contributed by atoms with Gasteiger partial charge >= 0.3 is 0 Å². The minimum Gasteiger partial charge on any atom is -0.467 e. The van der Waals surface area contributed by atoms with Crippen molar-refractivity contribution in [3.05, 3.63) is 24.2 Å². The third-order valence-corrected chi connectivity index (χ3v) is 4.30. The number of furan rings is 1. The van der Waals surface area contributed by atoms with Crippen LogP contribution in [0.15, 0.2) is 22.8 Å². The van der Waals surface area contributed by atoms with Gasteiger partial charge in [-0.15, -0.1) is 0 Å². The van der Waals surface area contributed by atoms with Crippen molar-refractivity contribution in [1.82, 2.24) is 10.0 Å². The van der Waals surface area contributed by atoms with Crippen LogP contribution in [-0.2, 0) is 21.4 Å². The summed E-state index contributed by atoms with van der Waals surface area (Å²) in [5.74, 6) is 0.147. The maximum Gasteiger partial charge on any atom is 0.238 e. The van der Waals surface area contributed by atoms with Gasteiger partial charge in [-0.3, -0.25) is 4.79 Å². The molecule has 1 rings (SSSR count). The van der Waals surface area contributed by atoms with Crippen LogP contribution in [0.3, 0.4) is 0 Å². The fraction of sp³-hybridized carbons (Fsp3) is 0.615. The van der Waals surface area contributed by atoms with E-state index in [-0.39, 0.29) is 24.1 Å². The molecule has 0 aliphatic rings. The molecule has 1 amide bonds.